The fourth-order valence-electron chi connectivity index (χ4n) is 2.30. The zero-order chi connectivity index (χ0) is 12.1. The Morgan fingerprint density at radius 3 is 2.94 bits per heavy atom. The third-order valence-corrected chi connectivity index (χ3v) is 3.29. The predicted octanol–water partition coefficient (Wildman–Crippen LogP) is 0.998. The zero-order valence-corrected chi connectivity index (χ0v) is 9.88. The van der Waals surface area contributed by atoms with Gasteiger partial charge in [0.2, 0.25) is 5.91 Å². The molecule has 0 radical (unpaired) electrons. The Hall–Kier alpha value is -1.42. The lowest BCUT2D eigenvalue weighted by atomic mass is 10.1. The van der Waals surface area contributed by atoms with Gasteiger partial charge in [0.15, 0.2) is 0 Å². The van der Waals surface area contributed by atoms with Gasteiger partial charge in [-0.05, 0) is 37.0 Å². The maximum Gasteiger partial charge on any atom is 0.223 e. The molecule has 4 heteroatoms. The van der Waals surface area contributed by atoms with E-state index in [0.717, 1.165) is 31.4 Å². The van der Waals surface area contributed by atoms with Crippen LogP contribution in [0, 0.1) is 0 Å². The Bertz CT molecular complexity index is 367. The molecule has 17 heavy (non-hydrogen) atoms. The van der Waals surface area contributed by atoms with Gasteiger partial charge < -0.3 is 10.0 Å². The Morgan fingerprint density at radius 1 is 1.47 bits per heavy atom. The standard InChI is InChI=1S/C13H18N2O2/c16-10-12-2-1-9-15(12)13(17)4-3-11-5-7-14-8-6-11/h5-8,12,16H,1-4,9-10H2/t12-/m0/s1. The maximum absolute atomic E-state index is 12.0. The Kier molecular flexibility index (Phi) is 4.09. The number of carbonyl (C=O) groups is 1. The molecule has 1 saturated heterocycles. The summed E-state index contributed by atoms with van der Waals surface area (Å²) in [7, 11) is 0. The lowest BCUT2D eigenvalue weighted by Gasteiger charge is -2.22. The molecule has 2 heterocycles. The van der Waals surface area contributed by atoms with Crippen molar-refractivity contribution in [2.24, 2.45) is 0 Å². The van der Waals surface area contributed by atoms with Gasteiger partial charge in [-0.2, -0.15) is 0 Å². The molecule has 0 spiro atoms. The summed E-state index contributed by atoms with van der Waals surface area (Å²) in [5, 5.41) is 9.17. The van der Waals surface area contributed by atoms with Crippen LogP contribution >= 0.6 is 0 Å². The summed E-state index contributed by atoms with van der Waals surface area (Å²) in [6.45, 7) is 0.876. The Morgan fingerprint density at radius 2 is 2.24 bits per heavy atom. The number of pyridine rings is 1. The predicted molar refractivity (Wildman–Crippen MR) is 64.4 cm³/mol. The number of hydrogen-bond acceptors (Lipinski definition) is 3. The molecule has 1 N–H and O–H groups in total. The van der Waals surface area contributed by atoms with Crippen molar-refractivity contribution in [1.29, 1.82) is 0 Å². The number of hydrogen-bond donors (Lipinski definition) is 1. The fraction of sp³-hybridized carbons (Fsp3) is 0.538. The van der Waals surface area contributed by atoms with Crippen molar-refractivity contribution in [3.05, 3.63) is 30.1 Å². The maximum atomic E-state index is 12.0. The lowest BCUT2D eigenvalue weighted by molar-refractivity contribution is -0.132. The summed E-state index contributed by atoms with van der Waals surface area (Å²) in [4.78, 5) is 17.8. The van der Waals surface area contributed by atoms with Gasteiger partial charge in [-0.1, -0.05) is 0 Å². The second-order valence-corrected chi connectivity index (χ2v) is 4.42. The zero-order valence-electron chi connectivity index (χ0n) is 9.88. The van der Waals surface area contributed by atoms with Crippen LogP contribution in [0.1, 0.15) is 24.8 Å². The van der Waals surface area contributed by atoms with E-state index in [0.29, 0.717) is 6.42 Å². The molecule has 1 fully saturated rings. The summed E-state index contributed by atoms with van der Waals surface area (Å²) >= 11 is 0. The molecular weight excluding hydrogens is 216 g/mol. The van der Waals surface area contributed by atoms with Crippen molar-refractivity contribution in [2.75, 3.05) is 13.2 Å². The molecule has 0 unspecified atom stereocenters. The number of aryl methyl sites for hydroxylation is 1. The van der Waals surface area contributed by atoms with E-state index in [-0.39, 0.29) is 18.6 Å². The highest BCUT2D eigenvalue weighted by molar-refractivity contribution is 5.77. The molecule has 1 atom stereocenters. The highest BCUT2D eigenvalue weighted by Gasteiger charge is 2.27. The first-order chi connectivity index (χ1) is 8.31. The van der Waals surface area contributed by atoms with Gasteiger partial charge in [0.05, 0.1) is 12.6 Å². The summed E-state index contributed by atoms with van der Waals surface area (Å²) in [5.74, 6) is 0.151. The number of aliphatic hydroxyl groups is 1. The van der Waals surface area contributed by atoms with Crippen LogP contribution in [-0.2, 0) is 11.2 Å². The smallest absolute Gasteiger partial charge is 0.223 e. The molecule has 0 aromatic carbocycles. The number of aromatic nitrogens is 1. The van der Waals surface area contributed by atoms with E-state index < -0.39 is 0 Å². The lowest BCUT2D eigenvalue weighted by Crippen LogP contribution is -2.37. The molecule has 1 aromatic heterocycles. The number of carbonyl (C=O) groups excluding carboxylic acids is 1. The second-order valence-electron chi connectivity index (χ2n) is 4.42. The highest BCUT2D eigenvalue weighted by atomic mass is 16.3. The minimum Gasteiger partial charge on any atom is -0.394 e. The Labute approximate surface area is 101 Å². The summed E-state index contributed by atoms with van der Waals surface area (Å²) in [5.41, 5.74) is 1.13. The number of likely N-dealkylation sites (tertiary alicyclic amines) is 1. The van der Waals surface area contributed by atoms with Crippen molar-refractivity contribution in [2.45, 2.75) is 31.7 Å². The topological polar surface area (TPSA) is 53.4 Å². The van der Waals surface area contributed by atoms with Crippen LogP contribution in [0.3, 0.4) is 0 Å². The Balaban J connectivity index is 1.85. The third kappa shape index (κ3) is 3.03. The van der Waals surface area contributed by atoms with Crippen LogP contribution in [0.25, 0.3) is 0 Å². The first-order valence-electron chi connectivity index (χ1n) is 6.10. The number of aliphatic hydroxyl groups excluding tert-OH is 1. The molecule has 1 aliphatic heterocycles. The van der Waals surface area contributed by atoms with Crippen LogP contribution < -0.4 is 0 Å². The molecule has 1 aromatic rings. The van der Waals surface area contributed by atoms with Crippen molar-refractivity contribution in [3.63, 3.8) is 0 Å². The van der Waals surface area contributed by atoms with E-state index in [1.165, 1.54) is 0 Å². The minimum absolute atomic E-state index is 0.0416. The largest absolute Gasteiger partial charge is 0.394 e. The first-order valence-corrected chi connectivity index (χ1v) is 6.10. The number of rotatable bonds is 4. The molecule has 4 nitrogen and oxygen atoms in total. The van der Waals surface area contributed by atoms with Crippen molar-refractivity contribution >= 4 is 5.91 Å². The fourth-order valence-corrected chi connectivity index (χ4v) is 2.30. The average Bonchev–Trinajstić information content (AvgIpc) is 2.85. The van der Waals surface area contributed by atoms with Crippen LogP contribution in [0.5, 0.6) is 0 Å². The number of nitrogens with zero attached hydrogens (tertiary/aromatic N) is 2. The molecule has 0 aliphatic carbocycles. The van der Waals surface area contributed by atoms with E-state index in [9.17, 15) is 4.79 Å². The van der Waals surface area contributed by atoms with Crippen LogP contribution in [-0.4, -0.2) is 40.1 Å². The monoisotopic (exact) mass is 234 g/mol. The van der Waals surface area contributed by atoms with Gasteiger partial charge in [-0.15, -0.1) is 0 Å². The normalized spacial score (nSPS) is 19.6. The highest BCUT2D eigenvalue weighted by Crippen LogP contribution is 2.18. The van der Waals surface area contributed by atoms with Crippen molar-refractivity contribution in [1.82, 2.24) is 9.88 Å². The minimum atomic E-state index is 0.0416. The SMILES string of the molecule is O=C(CCc1ccncc1)N1CCC[C@H]1CO. The van der Waals surface area contributed by atoms with E-state index >= 15 is 0 Å². The third-order valence-electron chi connectivity index (χ3n) is 3.29. The van der Waals surface area contributed by atoms with Gasteiger partial charge in [0, 0.05) is 25.4 Å². The molecule has 0 saturated carbocycles. The summed E-state index contributed by atoms with van der Waals surface area (Å²) < 4.78 is 0. The van der Waals surface area contributed by atoms with Crippen molar-refractivity contribution in [3.8, 4) is 0 Å². The van der Waals surface area contributed by atoms with E-state index in [2.05, 4.69) is 4.98 Å². The van der Waals surface area contributed by atoms with Gasteiger partial charge in [0.25, 0.3) is 0 Å². The van der Waals surface area contributed by atoms with Crippen LogP contribution in [0.15, 0.2) is 24.5 Å². The average molecular weight is 234 g/mol. The molecule has 1 aliphatic rings. The van der Waals surface area contributed by atoms with Crippen LogP contribution in [0.4, 0.5) is 0 Å². The molecule has 2 rings (SSSR count). The number of amides is 1. The quantitative estimate of drug-likeness (QED) is 0.845. The van der Waals surface area contributed by atoms with Gasteiger partial charge in [-0.25, -0.2) is 0 Å². The van der Waals surface area contributed by atoms with Gasteiger partial charge in [-0.3, -0.25) is 9.78 Å². The molecule has 0 bridgehead atoms. The van der Waals surface area contributed by atoms with Crippen LogP contribution in [0.2, 0.25) is 0 Å². The van der Waals surface area contributed by atoms with Gasteiger partial charge >= 0.3 is 0 Å². The second kappa shape index (κ2) is 5.77. The van der Waals surface area contributed by atoms with E-state index in [4.69, 9.17) is 5.11 Å². The van der Waals surface area contributed by atoms with E-state index in [1.807, 2.05) is 17.0 Å². The summed E-state index contributed by atoms with van der Waals surface area (Å²) in [6, 6.07) is 3.90. The molecule has 1 amide bonds. The van der Waals surface area contributed by atoms with Crippen molar-refractivity contribution < 1.29 is 9.90 Å². The van der Waals surface area contributed by atoms with Gasteiger partial charge in [0.1, 0.15) is 0 Å². The van der Waals surface area contributed by atoms with E-state index in [1.54, 1.807) is 12.4 Å². The summed E-state index contributed by atoms with van der Waals surface area (Å²) in [6.07, 6.45) is 6.68. The molecule has 92 valence electrons. The first kappa shape index (κ1) is 12.0. The molecular formula is C13H18N2O2.